The molecule has 0 N–H and O–H groups in total. The van der Waals surface area contributed by atoms with Crippen molar-refractivity contribution in [2.45, 2.75) is 45.8 Å². The van der Waals surface area contributed by atoms with Crippen LogP contribution in [0.5, 0.6) is 5.75 Å². The maximum Gasteiger partial charge on any atom is 0.410 e. The Morgan fingerprint density at radius 1 is 1.32 bits per heavy atom. The maximum atomic E-state index is 12.0. The van der Waals surface area contributed by atoms with Gasteiger partial charge in [-0.05, 0) is 32.9 Å². The van der Waals surface area contributed by atoms with Crippen LogP contribution in [0.4, 0.5) is 4.79 Å². The molecule has 1 saturated heterocycles. The molecule has 1 aromatic heterocycles. The zero-order valence-electron chi connectivity index (χ0n) is 13.5. The summed E-state index contributed by atoms with van der Waals surface area (Å²) in [6.07, 6.45) is 1.88. The zero-order valence-corrected chi connectivity index (χ0v) is 13.5. The Hall–Kier alpha value is -2.11. The predicted molar refractivity (Wildman–Crippen MR) is 81.1 cm³/mol. The van der Waals surface area contributed by atoms with Crippen LogP contribution in [0, 0.1) is 0 Å². The number of hydrogen-bond donors (Lipinski definition) is 0. The summed E-state index contributed by atoms with van der Waals surface area (Å²) >= 11 is 0. The molecule has 1 fully saturated rings. The van der Waals surface area contributed by atoms with E-state index >= 15 is 0 Å². The molecule has 0 bridgehead atoms. The fourth-order valence-electron chi connectivity index (χ4n) is 2.17. The van der Waals surface area contributed by atoms with Crippen molar-refractivity contribution in [3.05, 3.63) is 24.0 Å². The molecule has 0 unspecified atom stereocenters. The number of amides is 1. The van der Waals surface area contributed by atoms with Gasteiger partial charge in [-0.25, -0.2) is 9.78 Å². The van der Waals surface area contributed by atoms with Crippen LogP contribution in [-0.4, -0.2) is 46.6 Å². The third kappa shape index (κ3) is 4.44. The van der Waals surface area contributed by atoms with E-state index in [1.807, 2.05) is 20.8 Å². The topological polar surface area (TPSA) is 68.7 Å². The Labute approximate surface area is 130 Å². The number of aromatic nitrogens is 1. The lowest BCUT2D eigenvalue weighted by Crippen LogP contribution is -2.36. The Balaban J connectivity index is 1.88. The van der Waals surface area contributed by atoms with E-state index in [1.54, 1.807) is 17.0 Å². The molecule has 0 saturated carbocycles. The summed E-state index contributed by atoms with van der Waals surface area (Å²) in [4.78, 5) is 28.8. The number of ether oxygens (including phenoxy) is 2. The molecular weight excluding hydrogens is 284 g/mol. The summed E-state index contributed by atoms with van der Waals surface area (Å²) < 4.78 is 11.1. The average molecular weight is 306 g/mol. The van der Waals surface area contributed by atoms with Crippen LogP contribution < -0.4 is 4.74 Å². The van der Waals surface area contributed by atoms with Crippen molar-refractivity contribution in [2.75, 3.05) is 13.1 Å². The molecule has 22 heavy (non-hydrogen) atoms. The maximum absolute atomic E-state index is 12.0. The van der Waals surface area contributed by atoms with Gasteiger partial charge >= 0.3 is 6.09 Å². The molecule has 0 aromatic carbocycles. The first-order chi connectivity index (χ1) is 10.2. The van der Waals surface area contributed by atoms with E-state index in [9.17, 15) is 9.59 Å². The van der Waals surface area contributed by atoms with Crippen LogP contribution >= 0.6 is 0 Å². The minimum absolute atomic E-state index is 0.0801. The highest BCUT2D eigenvalue weighted by Gasteiger charge is 2.30. The van der Waals surface area contributed by atoms with Gasteiger partial charge < -0.3 is 14.4 Å². The Bertz CT molecular complexity index is 548. The number of carbonyl (C=O) groups is 2. The minimum Gasteiger partial charge on any atom is -0.487 e. The van der Waals surface area contributed by atoms with E-state index in [0.717, 1.165) is 6.42 Å². The predicted octanol–water partition coefficient (Wildman–Crippen LogP) is 2.67. The SMILES string of the molecule is CC(=O)c1ccc(O[C@H]2CCN(C(=O)OC(C)(C)C)C2)cn1. The summed E-state index contributed by atoms with van der Waals surface area (Å²) in [6, 6.07) is 3.36. The van der Waals surface area contributed by atoms with Crippen LogP contribution in [0.25, 0.3) is 0 Å². The monoisotopic (exact) mass is 306 g/mol. The largest absolute Gasteiger partial charge is 0.487 e. The fraction of sp³-hybridized carbons (Fsp3) is 0.562. The van der Waals surface area contributed by atoms with Crippen LogP contribution in [0.1, 0.15) is 44.6 Å². The van der Waals surface area contributed by atoms with E-state index in [0.29, 0.717) is 24.5 Å². The van der Waals surface area contributed by atoms with Crippen molar-refractivity contribution in [2.24, 2.45) is 0 Å². The zero-order chi connectivity index (χ0) is 16.3. The molecule has 0 aliphatic carbocycles. The third-order valence-corrected chi connectivity index (χ3v) is 3.20. The first-order valence-electron chi connectivity index (χ1n) is 7.36. The van der Waals surface area contributed by atoms with Crippen LogP contribution in [0.3, 0.4) is 0 Å². The second-order valence-electron chi connectivity index (χ2n) is 6.39. The van der Waals surface area contributed by atoms with Gasteiger partial charge in [0.25, 0.3) is 0 Å². The molecule has 0 radical (unpaired) electrons. The fourth-order valence-corrected chi connectivity index (χ4v) is 2.17. The summed E-state index contributed by atoms with van der Waals surface area (Å²) in [5, 5.41) is 0. The summed E-state index contributed by atoms with van der Waals surface area (Å²) in [7, 11) is 0. The molecule has 6 heteroatoms. The van der Waals surface area contributed by atoms with E-state index in [4.69, 9.17) is 9.47 Å². The molecule has 1 aliphatic rings. The van der Waals surface area contributed by atoms with Gasteiger partial charge in [0, 0.05) is 19.9 Å². The molecule has 6 nitrogen and oxygen atoms in total. The number of nitrogens with zero attached hydrogens (tertiary/aromatic N) is 2. The van der Waals surface area contributed by atoms with Gasteiger partial charge in [-0.1, -0.05) is 0 Å². The molecule has 2 rings (SSSR count). The second-order valence-corrected chi connectivity index (χ2v) is 6.39. The molecule has 1 aliphatic heterocycles. The van der Waals surface area contributed by atoms with E-state index in [2.05, 4.69) is 4.98 Å². The molecule has 2 heterocycles. The number of pyridine rings is 1. The third-order valence-electron chi connectivity index (χ3n) is 3.20. The van der Waals surface area contributed by atoms with E-state index in [-0.39, 0.29) is 18.0 Å². The van der Waals surface area contributed by atoms with Crippen molar-refractivity contribution in [3.8, 4) is 5.75 Å². The summed E-state index contributed by atoms with van der Waals surface area (Å²) in [6.45, 7) is 8.10. The Morgan fingerprint density at radius 2 is 2.05 bits per heavy atom. The first-order valence-corrected chi connectivity index (χ1v) is 7.36. The minimum atomic E-state index is -0.498. The number of likely N-dealkylation sites (tertiary alicyclic amines) is 1. The lowest BCUT2D eigenvalue weighted by atomic mass is 10.2. The van der Waals surface area contributed by atoms with Gasteiger partial charge in [-0.3, -0.25) is 4.79 Å². The number of carbonyl (C=O) groups excluding carboxylic acids is 2. The lowest BCUT2D eigenvalue weighted by Gasteiger charge is -2.24. The second kappa shape index (κ2) is 6.34. The van der Waals surface area contributed by atoms with Crippen LogP contribution in [-0.2, 0) is 4.74 Å². The summed E-state index contributed by atoms with van der Waals surface area (Å²) in [5.41, 5.74) is -0.0863. The molecule has 1 amide bonds. The van der Waals surface area contributed by atoms with Gasteiger partial charge in [0.15, 0.2) is 5.78 Å². The normalized spacial score (nSPS) is 18.2. The van der Waals surface area contributed by atoms with Crippen molar-refractivity contribution < 1.29 is 19.1 Å². The van der Waals surface area contributed by atoms with Crippen molar-refractivity contribution in [3.63, 3.8) is 0 Å². The van der Waals surface area contributed by atoms with Gasteiger partial charge in [0.2, 0.25) is 0 Å². The summed E-state index contributed by atoms with van der Waals surface area (Å²) in [5.74, 6) is 0.518. The van der Waals surface area contributed by atoms with Crippen LogP contribution in [0.15, 0.2) is 18.3 Å². The number of rotatable bonds is 3. The van der Waals surface area contributed by atoms with Gasteiger partial charge in [0.1, 0.15) is 23.1 Å². The van der Waals surface area contributed by atoms with Crippen LogP contribution in [0.2, 0.25) is 0 Å². The van der Waals surface area contributed by atoms with E-state index < -0.39 is 5.60 Å². The van der Waals surface area contributed by atoms with Crippen molar-refractivity contribution in [1.82, 2.24) is 9.88 Å². The molecule has 1 atom stereocenters. The standard InChI is InChI=1S/C16H22N2O4/c1-11(19)14-6-5-12(9-17-14)21-13-7-8-18(10-13)15(20)22-16(2,3)4/h5-6,9,13H,7-8,10H2,1-4H3/t13-/m0/s1. The number of Topliss-reactive ketones (excluding diaryl/α,β-unsaturated/α-hetero) is 1. The highest BCUT2D eigenvalue weighted by atomic mass is 16.6. The quantitative estimate of drug-likeness (QED) is 0.803. The van der Waals surface area contributed by atoms with E-state index in [1.165, 1.54) is 13.1 Å². The number of hydrogen-bond acceptors (Lipinski definition) is 5. The van der Waals surface area contributed by atoms with Gasteiger partial charge in [-0.2, -0.15) is 0 Å². The van der Waals surface area contributed by atoms with Gasteiger partial charge in [-0.15, -0.1) is 0 Å². The van der Waals surface area contributed by atoms with Crippen molar-refractivity contribution >= 4 is 11.9 Å². The molecule has 1 aromatic rings. The van der Waals surface area contributed by atoms with Gasteiger partial charge in [0.05, 0.1) is 12.7 Å². The van der Waals surface area contributed by atoms with Crippen molar-refractivity contribution in [1.29, 1.82) is 0 Å². The average Bonchev–Trinajstić information content (AvgIpc) is 2.86. The molecule has 120 valence electrons. The Kier molecular flexibility index (Phi) is 4.68. The molecular formula is C16H22N2O4. The highest BCUT2D eigenvalue weighted by molar-refractivity contribution is 5.92. The highest BCUT2D eigenvalue weighted by Crippen LogP contribution is 2.20. The first kappa shape index (κ1) is 16.3. The Morgan fingerprint density at radius 3 is 2.59 bits per heavy atom. The number of ketones is 1. The smallest absolute Gasteiger partial charge is 0.410 e. The lowest BCUT2D eigenvalue weighted by molar-refractivity contribution is 0.0275. The molecule has 0 spiro atoms.